The summed E-state index contributed by atoms with van der Waals surface area (Å²) < 4.78 is 0. The molecule has 0 saturated carbocycles. The summed E-state index contributed by atoms with van der Waals surface area (Å²) in [5.74, 6) is 0. The van der Waals surface area contributed by atoms with Crippen LogP contribution in [0.3, 0.4) is 0 Å². The summed E-state index contributed by atoms with van der Waals surface area (Å²) in [6.07, 6.45) is 2.32. The third-order valence-corrected chi connectivity index (χ3v) is 2.93. The van der Waals surface area contributed by atoms with Crippen LogP contribution in [0.25, 0.3) is 10.9 Å². The summed E-state index contributed by atoms with van der Waals surface area (Å²) in [7, 11) is 2.00. The Morgan fingerprint density at radius 3 is 3.00 bits per heavy atom. The van der Waals surface area contributed by atoms with E-state index < -0.39 is 0 Å². The smallest absolute Gasteiger partial charge is 0.0767 e. The van der Waals surface area contributed by atoms with Crippen LogP contribution in [0, 0.1) is 11.3 Å². The quantitative estimate of drug-likeness (QED) is 0.832. The molecule has 0 bridgehead atoms. The second-order valence-corrected chi connectivity index (χ2v) is 4.36. The normalized spacial score (nSPS) is 10.7. The Balaban J connectivity index is 2.29. The van der Waals surface area contributed by atoms with Gasteiger partial charge in [-0.2, -0.15) is 5.26 Å². The summed E-state index contributed by atoms with van der Waals surface area (Å²) in [6.45, 7) is 1.53. The van der Waals surface area contributed by atoms with Gasteiger partial charge in [0, 0.05) is 36.8 Å². The average molecular weight is 240 g/mol. The van der Waals surface area contributed by atoms with Crippen molar-refractivity contribution in [2.45, 2.75) is 13.0 Å². The highest BCUT2D eigenvalue weighted by atomic mass is 15.1. The monoisotopic (exact) mass is 240 g/mol. The van der Waals surface area contributed by atoms with Gasteiger partial charge in [0.1, 0.15) is 0 Å². The van der Waals surface area contributed by atoms with Gasteiger partial charge >= 0.3 is 0 Å². The lowest BCUT2D eigenvalue weighted by molar-refractivity contribution is 0.336. The number of pyridine rings is 1. The van der Waals surface area contributed by atoms with Crippen LogP contribution < -0.4 is 5.73 Å². The summed E-state index contributed by atoms with van der Waals surface area (Å²) in [6, 6.07) is 9.95. The van der Waals surface area contributed by atoms with Crippen molar-refractivity contribution in [2.75, 3.05) is 19.3 Å². The molecular formula is C14H16N4. The Morgan fingerprint density at radius 1 is 1.39 bits per heavy atom. The van der Waals surface area contributed by atoms with Gasteiger partial charge in [0.25, 0.3) is 0 Å². The minimum Gasteiger partial charge on any atom is -0.398 e. The van der Waals surface area contributed by atoms with Gasteiger partial charge in [0.2, 0.25) is 0 Å². The Hall–Kier alpha value is -2.12. The standard InChI is InChI=1S/C14H16N4/c1-18(9-3-7-15)10-11-5-6-13(16)12-4-2-8-17-14(11)12/h2,4-6,8H,3,9-10,16H2,1H3. The lowest BCUT2D eigenvalue weighted by Crippen LogP contribution is -2.19. The van der Waals surface area contributed by atoms with Crippen molar-refractivity contribution in [3.63, 3.8) is 0 Å². The van der Waals surface area contributed by atoms with E-state index in [4.69, 9.17) is 11.0 Å². The van der Waals surface area contributed by atoms with Crippen LogP contribution in [0.4, 0.5) is 5.69 Å². The first-order chi connectivity index (χ1) is 8.72. The molecule has 0 spiro atoms. The lowest BCUT2D eigenvalue weighted by Gasteiger charge is -2.16. The molecule has 1 heterocycles. The number of rotatable bonds is 4. The van der Waals surface area contributed by atoms with E-state index in [1.165, 1.54) is 0 Å². The maximum Gasteiger partial charge on any atom is 0.0767 e. The van der Waals surface area contributed by atoms with E-state index in [9.17, 15) is 0 Å². The van der Waals surface area contributed by atoms with Crippen molar-refractivity contribution in [1.82, 2.24) is 9.88 Å². The molecule has 0 saturated heterocycles. The minimum atomic E-state index is 0.539. The second kappa shape index (κ2) is 5.48. The van der Waals surface area contributed by atoms with Crippen molar-refractivity contribution in [2.24, 2.45) is 0 Å². The van der Waals surface area contributed by atoms with Crippen molar-refractivity contribution >= 4 is 16.6 Å². The molecule has 1 aromatic carbocycles. The maximum absolute atomic E-state index is 8.58. The van der Waals surface area contributed by atoms with Gasteiger partial charge < -0.3 is 10.6 Å². The van der Waals surface area contributed by atoms with E-state index in [1.807, 2.05) is 31.3 Å². The van der Waals surface area contributed by atoms with Crippen LogP contribution in [-0.4, -0.2) is 23.5 Å². The summed E-state index contributed by atoms with van der Waals surface area (Å²) in [4.78, 5) is 6.52. The summed E-state index contributed by atoms with van der Waals surface area (Å²) >= 11 is 0. The van der Waals surface area contributed by atoms with E-state index in [-0.39, 0.29) is 0 Å². The molecule has 0 radical (unpaired) electrons. The Bertz CT molecular complexity index is 586. The number of aromatic nitrogens is 1. The van der Waals surface area contributed by atoms with Gasteiger partial charge in [0.05, 0.1) is 11.6 Å². The molecule has 2 N–H and O–H groups in total. The third kappa shape index (κ3) is 2.58. The molecule has 2 rings (SSSR count). The Kier molecular flexibility index (Phi) is 3.75. The molecule has 0 amide bonds. The van der Waals surface area contributed by atoms with Gasteiger partial charge in [-0.05, 0) is 30.8 Å². The number of nitriles is 1. The Labute approximate surface area is 107 Å². The van der Waals surface area contributed by atoms with Crippen LogP contribution in [0.2, 0.25) is 0 Å². The number of hydrogen-bond donors (Lipinski definition) is 1. The van der Waals surface area contributed by atoms with E-state index in [2.05, 4.69) is 16.0 Å². The Morgan fingerprint density at radius 2 is 2.22 bits per heavy atom. The zero-order valence-electron chi connectivity index (χ0n) is 10.4. The van der Waals surface area contributed by atoms with E-state index in [1.54, 1.807) is 6.20 Å². The zero-order valence-corrected chi connectivity index (χ0v) is 10.4. The second-order valence-electron chi connectivity index (χ2n) is 4.36. The van der Waals surface area contributed by atoms with Crippen molar-refractivity contribution in [1.29, 1.82) is 5.26 Å². The molecule has 4 nitrogen and oxygen atoms in total. The fourth-order valence-electron chi connectivity index (χ4n) is 1.99. The molecule has 18 heavy (non-hydrogen) atoms. The fraction of sp³-hybridized carbons (Fsp3) is 0.286. The van der Waals surface area contributed by atoms with Crippen LogP contribution >= 0.6 is 0 Å². The number of nitrogens with two attached hydrogens (primary N) is 1. The van der Waals surface area contributed by atoms with E-state index in [0.717, 1.165) is 35.2 Å². The molecule has 0 aliphatic rings. The molecule has 2 aromatic rings. The molecule has 0 aliphatic carbocycles. The van der Waals surface area contributed by atoms with Crippen LogP contribution in [-0.2, 0) is 6.54 Å². The highest BCUT2D eigenvalue weighted by Crippen LogP contribution is 2.23. The first-order valence-electron chi connectivity index (χ1n) is 5.90. The minimum absolute atomic E-state index is 0.539. The van der Waals surface area contributed by atoms with Crippen LogP contribution in [0.1, 0.15) is 12.0 Å². The molecule has 1 aromatic heterocycles. The van der Waals surface area contributed by atoms with Crippen LogP contribution in [0.15, 0.2) is 30.5 Å². The first kappa shape index (κ1) is 12.3. The first-order valence-corrected chi connectivity index (χ1v) is 5.90. The molecule has 4 heteroatoms. The number of nitrogen functional groups attached to an aromatic ring is 1. The number of hydrogen-bond acceptors (Lipinski definition) is 4. The van der Waals surface area contributed by atoms with Crippen molar-refractivity contribution in [3.05, 3.63) is 36.0 Å². The lowest BCUT2D eigenvalue weighted by atomic mass is 10.1. The SMILES string of the molecule is CN(CCC#N)Cc1ccc(N)c2cccnc12. The van der Waals surface area contributed by atoms with Gasteiger partial charge in [-0.1, -0.05) is 6.07 Å². The largest absolute Gasteiger partial charge is 0.398 e. The van der Waals surface area contributed by atoms with Gasteiger partial charge in [-0.25, -0.2) is 0 Å². The van der Waals surface area contributed by atoms with E-state index >= 15 is 0 Å². The van der Waals surface area contributed by atoms with Gasteiger partial charge in [-0.15, -0.1) is 0 Å². The van der Waals surface area contributed by atoms with Crippen molar-refractivity contribution in [3.8, 4) is 6.07 Å². The maximum atomic E-state index is 8.58. The number of benzene rings is 1. The van der Waals surface area contributed by atoms with E-state index in [0.29, 0.717) is 6.42 Å². The molecule has 0 unspecified atom stereocenters. The van der Waals surface area contributed by atoms with Crippen LogP contribution in [0.5, 0.6) is 0 Å². The highest BCUT2D eigenvalue weighted by Gasteiger charge is 2.07. The predicted molar refractivity (Wildman–Crippen MR) is 72.7 cm³/mol. The van der Waals surface area contributed by atoms with Crippen molar-refractivity contribution < 1.29 is 0 Å². The molecular weight excluding hydrogens is 224 g/mol. The molecule has 0 fully saturated rings. The topological polar surface area (TPSA) is 65.9 Å². The number of fused-ring (bicyclic) bond motifs is 1. The fourth-order valence-corrected chi connectivity index (χ4v) is 1.99. The third-order valence-electron chi connectivity index (χ3n) is 2.93. The highest BCUT2D eigenvalue weighted by molar-refractivity contribution is 5.92. The molecule has 92 valence electrons. The molecule has 0 aliphatic heterocycles. The predicted octanol–water partition coefficient (Wildman–Crippen LogP) is 2.16. The zero-order chi connectivity index (χ0) is 13.0. The summed E-state index contributed by atoms with van der Waals surface area (Å²) in [5.41, 5.74) is 8.78. The van der Waals surface area contributed by atoms with Gasteiger partial charge in [0.15, 0.2) is 0 Å². The van der Waals surface area contributed by atoms with Gasteiger partial charge in [-0.3, -0.25) is 4.98 Å². The number of nitrogens with zero attached hydrogens (tertiary/aromatic N) is 3. The summed E-state index contributed by atoms with van der Waals surface area (Å²) in [5, 5.41) is 9.57. The number of anilines is 1. The average Bonchev–Trinajstić information content (AvgIpc) is 2.40. The molecule has 0 atom stereocenters.